The Hall–Kier alpha value is -2.99. The quantitative estimate of drug-likeness (QED) is 0.578. The van der Waals surface area contributed by atoms with E-state index in [1.165, 1.54) is 32.1 Å². The van der Waals surface area contributed by atoms with Crippen molar-refractivity contribution in [3.63, 3.8) is 0 Å². The highest BCUT2D eigenvalue weighted by Crippen LogP contribution is 2.25. The SMILES string of the molecule is C[C@H](Oc1ccc(-c2cnc3ccccc3n2)cc1)C(=O)N1CCN(C2CCCCC2)CC1. The molecule has 5 rings (SSSR count). The normalized spacial score (nSPS) is 18.9. The molecule has 1 aliphatic heterocycles. The lowest BCUT2D eigenvalue weighted by atomic mass is 9.94. The second-order valence-electron chi connectivity index (χ2n) is 9.18. The summed E-state index contributed by atoms with van der Waals surface area (Å²) in [6, 6.07) is 16.3. The molecule has 0 spiro atoms. The first-order valence-corrected chi connectivity index (χ1v) is 12.2. The van der Waals surface area contributed by atoms with Crippen LogP contribution in [0.1, 0.15) is 39.0 Å². The molecule has 0 bridgehead atoms. The zero-order chi connectivity index (χ0) is 22.6. The Labute approximate surface area is 195 Å². The summed E-state index contributed by atoms with van der Waals surface area (Å²) in [4.78, 5) is 26.7. The van der Waals surface area contributed by atoms with Crippen LogP contribution in [-0.2, 0) is 4.79 Å². The van der Waals surface area contributed by atoms with Gasteiger partial charge in [0, 0.05) is 37.8 Å². The third-order valence-electron chi connectivity index (χ3n) is 6.98. The Kier molecular flexibility index (Phi) is 6.53. The molecule has 33 heavy (non-hydrogen) atoms. The Morgan fingerprint density at radius 2 is 1.64 bits per heavy atom. The highest BCUT2D eigenvalue weighted by molar-refractivity contribution is 5.81. The summed E-state index contributed by atoms with van der Waals surface area (Å²) in [5.41, 5.74) is 3.55. The number of carbonyl (C=O) groups is 1. The fourth-order valence-corrected chi connectivity index (χ4v) is 5.07. The predicted octanol–water partition coefficient (Wildman–Crippen LogP) is 4.54. The second kappa shape index (κ2) is 9.87. The number of amides is 1. The second-order valence-corrected chi connectivity index (χ2v) is 9.18. The van der Waals surface area contributed by atoms with Crippen LogP contribution in [0.25, 0.3) is 22.3 Å². The molecule has 172 valence electrons. The summed E-state index contributed by atoms with van der Waals surface area (Å²) in [6.07, 6.45) is 7.99. The first-order valence-electron chi connectivity index (χ1n) is 12.2. The molecule has 1 aliphatic carbocycles. The molecular formula is C27H32N4O2. The first kappa shape index (κ1) is 21.8. The summed E-state index contributed by atoms with van der Waals surface area (Å²) >= 11 is 0. The van der Waals surface area contributed by atoms with Gasteiger partial charge in [-0.15, -0.1) is 0 Å². The molecule has 1 aromatic heterocycles. The number of hydrogen-bond acceptors (Lipinski definition) is 5. The number of fused-ring (bicyclic) bond motifs is 1. The summed E-state index contributed by atoms with van der Waals surface area (Å²) in [5, 5.41) is 0. The average Bonchev–Trinajstić information content (AvgIpc) is 2.89. The van der Waals surface area contributed by atoms with Gasteiger partial charge in [-0.2, -0.15) is 0 Å². The van der Waals surface area contributed by atoms with Gasteiger partial charge in [0.15, 0.2) is 6.10 Å². The Morgan fingerprint density at radius 1 is 0.939 bits per heavy atom. The molecular weight excluding hydrogens is 412 g/mol. The number of para-hydroxylation sites is 2. The molecule has 6 nitrogen and oxygen atoms in total. The standard InChI is InChI=1S/C27H32N4O2/c1-20(27(32)31-17-15-30(16-18-31)22-7-3-2-4-8-22)33-23-13-11-21(12-14-23)26-19-28-24-9-5-6-10-25(24)29-26/h5-6,9-14,19-20,22H,2-4,7-8,15-18H2,1H3/t20-/m0/s1. The molecule has 2 aliphatic rings. The van der Waals surface area contributed by atoms with Crippen molar-refractivity contribution in [2.75, 3.05) is 26.2 Å². The van der Waals surface area contributed by atoms with Crippen LogP contribution in [0, 0.1) is 0 Å². The van der Waals surface area contributed by atoms with Crippen LogP contribution >= 0.6 is 0 Å². The smallest absolute Gasteiger partial charge is 0.263 e. The van der Waals surface area contributed by atoms with Gasteiger partial charge in [-0.25, -0.2) is 4.98 Å². The maximum absolute atomic E-state index is 13.0. The first-order chi connectivity index (χ1) is 16.2. The highest BCUT2D eigenvalue weighted by Gasteiger charge is 2.29. The van der Waals surface area contributed by atoms with E-state index in [1.807, 2.05) is 60.4 Å². The molecule has 0 N–H and O–H groups in total. The van der Waals surface area contributed by atoms with E-state index in [0.717, 1.165) is 54.5 Å². The van der Waals surface area contributed by atoms with E-state index in [-0.39, 0.29) is 5.91 Å². The molecule has 3 aromatic rings. The number of piperazine rings is 1. The van der Waals surface area contributed by atoms with Crippen LogP contribution in [0.2, 0.25) is 0 Å². The molecule has 2 heterocycles. The van der Waals surface area contributed by atoms with Gasteiger partial charge in [-0.3, -0.25) is 14.7 Å². The zero-order valence-electron chi connectivity index (χ0n) is 19.3. The number of hydrogen-bond donors (Lipinski definition) is 0. The number of benzene rings is 2. The van der Waals surface area contributed by atoms with Crippen LogP contribution in [-0.4, -0.2) is 64.0 Å². The maximum atomic E-state index is 13.0. The van der Waals surface area contributed by atoms with Crippen molar-refractivity contribution in [2.24, 2.45) is 0 Å². The predicted molar refractivity (Wildman–Crippen MR) is 130 cm³/mol. The minimum atomic E-state index is -0.502. The largest absolute Gasteiger partial charge is 0.481 e. The van der Waals surface area contributed by atoms with Crippen molar-refractivity contribution in [1.82, 2.24) is 19.8 Å². The third kappa shape index (κ3) is 5.01. The van der Waals surface area contributed by atoms with Gasteiger partial charge in [0.2, 0.25) is 0 Å². The van der Waals surface area contributed by atoms with Crippen molar-refractivity contribution in [3.8, 4) is 17.0 Å². The topological polar surface area (TPSA) is 58.6 Å². The minimum absolute atomic E-state index is 0.0720. The fourth-order valence-electron chi connectivity index (χ4n) is 5.07. The van der Waals surface area contributed by atoms with Gasteiger partial charge in [-0.05, 0) is 56.2 Å². The number of aromatic nitrogens is 2. The molecule has 2 fully saturated rings. The van der Waals surface area contributed by atoms with E-state index in [1.54, 1.807) is 6.20 Å². The lowest BCUT2D eigenvalue weighted by Crippen LogP contribution is -2.54. The maximum Gasteiger partial charge on any atom is 0.263 e. The summed E-state index contributed by atoms with van der Waals surface area (Å²) in [5.74, 6) is 0.761. The van der Waals surface area contributed by atoms with Crippen molar-refractivity contribution in [1.29, 1.82) is 0 Å². The number of nitrogens with zero attached hydrogens (tertiary/aromatic N) is 4. The molecule has 1 saturated carbocycles. The lowest BCUT2D eigenvalue weighted by Gasteiger charge is -2.41. The molecule has 1 amide bonds. The van der Waals surface area contributed by atoms with Gasteiger partial charge < -0.3 is 9.64 Å². The van der Waals surface area contributed by atoms with Crippen LogP contribution in [0.3, 0.4) is 0 Å². The fraction of sp³-hybridized carbons (Fsp3) is 0.444. The van der Waals surface area contributed by atoms with Gasteiger partial charge in [0.1, 0.15) is 5.75 Å². The van der Waals surface area contributed by atoms with E-state index in [9.17, 15) is 4.79 Å². The third-order valence-corrected chi connectivity index (χ3v) is 6.98. The highest BCUT2D eigenvalue weighted by atomic mass is 16.5. The summed E-state index contributed by atoms with van der Waals surface area (Å²) < 4.78 is 5.99. The molecule has 6 heteroatoms. The Bertz CT molecular complexity index is 1090. The van der Waals surface area contributed by atoms with Crippen molar-refractivity contribution < 1.29 is 9.53 Å². The molecule has 2 aromatic carbocycles. The van der Waals surface area contributed by atoms with Crippen molar-refractivity contribution >= 4 is 16.9 Å². The van der Waals surface area contributed by atoms with Crippen molar-refractivity contribution in [3.05, 3.63) is 54.7 Å². The van der Waals surface area contributed by atoms with Crippen LogP contribution in [0.4, 0.5) is 0 Å². The molecule has 1 saturated heterocycles. The van der Waals surface area contributed by atoms with Gasteiger partial charge >= 0.3 is 0 Å². The molecule has 0 unspecified atom stereocenters. The number of ether oxygens (including phenoxy) is 1. The molecule has 0 radical (unpaired) electrons. The van der Waals surface area contributed by atoms with E-state index in [2.05, 4.69) is 9.88 Å². The van der Waals surface area contributed by atoms with Gasteiger partial charge in [0.05, 0.1) is 22.9 Å². The summed E-state index contributed by atoms with van der Waals surface area (Å²) in [6.45, 7) is 5.39. The lowest BCUT2D eigenvalue weighted by molar-refractivity contribution is -0.140. The van der Waals surface area contributed by atoms with E-state index < -0.39 is 6.10 Å². The van der Waals surface area contributed by atoms with Crippen LogP contribution in [0.15, 0.2) is 54.7 Å². The number of carbonyl (C=O) groups excluding carboxylic acids is 1. The molecule has 1 atom stereocenters. The van der Waals surface area contributed by atoms with Crippen molar-refractivity contribution in [2.45, 2.75) is 51.2 Å². The van der Waals surface area contributed by atoms with E-state index in [4.69, 9.17) is 9.72 Å². The van der Waals surface area contributed by atoms with Crippen LogP contribution in [0.5, 0.6) is 5.75 Å². The van der Waals surface area contributed by atoms with E-state index >= 15 is 0 Å². The zero-order valence-corrected chi connectivity index (χ0v) is 19.3. The Morgan fingerprint density at radius 3 is 2.36 bits per heavy atom. The van der Waals surface area contributed by atoms with Gasteiger partial charge in [0.25, 0.3) is 5.91 Å². The number of rotatable bonds is 5. The monoisotopic (exact) mass is 444 g/mol. The Balaban J connectivity index is 1.16. The average molecular weight is 445 g/mol. The summed E-state index contributed by atoms with van der Waals surface area (Å²) in [7, 11) is 0. The van der Waals surface area contributed by atoms with Gasteiger partial charge in [-0.1, -0.05) is 31.4 Å². The minimum Gasteiger partial charge on any atom is -0.481 e. The van der Waals surface area contributed by atoms with E-state index in [0.29, 0.717) is 5.75 Å². The van der Waals surface area contributed by atoms with Crippen LogP contribution < -0.4 is 4.74 Å².